The molecule has 1 aromatic heterocycles. The predicted octanol–water partition coefficient (Wildman–Crippen LogP) is 4.21. The third-order valence-electron chi connectivity index (χ3n) is 3.51. The molecule has 0 aliphatic carbocycles. The van der Waals surface area contributed by atoms with E-state index in [0.29, 0.717) is 16.3 Å². The Morgan fingerprint density at radius 2 is 1.77 bits per heavy atom. The van der Waals surface area contributed by atoms with Gasteiger partial charge in [0.15, 0.2) is 15.0 Å². The van der Waals surface area contributed by atoms with Crippen molar-refractivity contribution < 1.29 is 13.2 Å². The number of halogens is 1. The molecule has 0 radical (unpaired) electrons. The summed E-state index contributed by atoms with van der Waals surface area (Å²) in [6, 6.07) is 14.5. The zero-order valence-corrected chi connectivity index (χ0v) is 17.6. The molecule has 134 valence electrons. The summed E-state index contributed by atoms with van der Waals surface area (Å²) in [4.78, 5) is 16.8. The molecule has 1 N–H and O–H groups in total. The number of anilines is 1. The molecule has 0 spiro atoms. The van der Waals surface area contributed by atoms with Gasteiger partial charge in [-0.05, 0) is 52.4 Å². The molecule has 0 atom stereocenters. The van der Waals surface area contributed by atoms with Gasteiger partial charge in [-0.25, -0.2) is 13.4 Å². The molecule has 26 heavy (non-hydrogen) atoms. The van der Waals surface area contributed by atoms with E-state index in [2.05, 4.69) is 32.9 Å². The Kier molecular flexibility index (Phi) is 5.73. The monoisotopic (exact) mass is 498 g/mol. The summed E-state index contributed by atoms with van der Waals surface area (Å²) in [5, 5.41) is 5.19. The summed E-state index contributed by atoms with van der Waals surface area (Å²) in [7, 11) is -3.09. The molecular weight excluding hydrogens is 483 g/mol. The van der Waals surface area contributed by atoms with Crippen molar-refractivity contribution >= 4 is 54.8 Å². The quantitative estimate of drug-likeness (QED) is 0.535. The first kappa shape index (κ1) is 19.0. The summed E-state index contributed by atoms with van der Waals surface area (Å²) in [6.45, 7) is 0. The Balaban J connectivity index is 1.69. The number of carbonyl (C=O) groups excluding carboxylic acids is 1. The average Bonchev–Trinajstić information content (AvgIpc) is 3.03. The summed E-state index contributed by atoms with van der Waals surface area (Å²) in [6.07, 6.45) is 1.18. The number of amides is 1. The summed E-state index contributed by atoms with van der Waals surface area (Å²) < 4.78 is 23.8. The van der Waals surface area contributed by atoms with E-state index in [1.807, 2.05) is 29.6 Å². The standard InChI is InChI=1S/C18H15IN2O3S2/c1-26(23,24)11-12-2-4-14(5-3-12)17(22)21-18-20-16(10-25-18)13-6-8-15(19)9-7-13/h2-10H,11H2,1H3,(H,20,21,22). The Hall–Kier alpha value is -1.78. The second kappa shape index (κ2) is 7.85. The smallest absolute Gasteiger partial charge is 0.257 e. The lowest BCUT2D eigenvalue weighted by atomic mass is 10.1. The highest BCUT2D eigenvalue weighted by atomic mass is 127. The van der Waals surface area contributed by atoms with Crippen molar-refractivity contribution in [1.29, 1.82) is 0 Å². The van der Waals surface area contributed by atoms with E-state index in [1.165, 1.54) is 17.6 Å². The summed E-state index contributed by atoms with van der Waals surface area (Å²) >= 11 is 3.60. The SMILES string of the molecule is CS(=O)(=O)Cc1ccc(C(=O)Nc2nc(-c3ccc(I)cc3)cs2)cc1. The normalized spacial score (nSPS) is 11.3. The predicted molar refractivity (Wildman–Crippen MR) is 113 cm³/mol. The zero-order valence-electron chi connectivity index (χ0n) is 13.8. The van der Waals surface area contributed by atoms with Crippen molar-refractivity contribution in [2.75, 3.05) is 11.6 Å². The van der Waals surface area contributed by atoms with Crippen LogP contribution in [0.4, 0.5) is 5.13 Å². The Bertz CT molecular complexity index is 1030. The number of sulfone groups is 1. The van der Waals surface area contributed by atoms with E-state index in [-0.39, 0.29) is 11.7 Å². The minimum atomic E-state index is -3.09. The molecule has 0 bridgehead atoms. The number of benzene rings is 2. The molecule has 3 aromatic rings. The fourth-order valence-electron chi connectivity index (χ4n) is 2.31. The van der Waals surface area contributed by atoms with Crippen LogP contribution in [0.25, 0.3) is 11.3 Å². The molecule has 0 aliphatic rings. The molecule has 3 rings (SSSR count). The third kappa shape index (κ3) is 5.12. The zero-order chi connectivity index (χ0) is 18.7. The van der Waals surface area contributed by atoms with Crippen LogP contribution in [0.1, 0.15) is 15.9 Å². The van der Waals surface area contributed by atoms with Crippen LogP contribution in [-0.2, 0) is 15.6 Å². The minimum Gasteiger partial charge on any atom is -0.298 e. The highest BCUT2D eigenvalue weighted by molar-refractivity contribution is 14.1. The minimum absolute atomic E-state index is 0.0409. The largest absolute Gasteiger partial charge is 0.298 e. The lowest BCUT2D eigenvalue weighted by Gasteiger charge is -2.04. The van der Waals surface area contributed by atoms with Crippen molar-refractivity contribution in [1.82, 2.24) is 4.98 Å². The van der Waals surface area contributed by atoms with Crippen molar-refractivity contribution in [3.05, 3.63) is 68.6 Å². The maximum Gasteiger partial charge on any atom is 0.257 e. The molecule has 0 saturated carbocycles. The topological polar surface area (TPSA) is 76.1 Å². The maximum absolute atomic E-state index is 12.3. The van der Waals surface area contributed by atoms with Crippen LogP contribution < -0.4 is 5.32 Å². The van der Waals surface area contributed by atoms with Crippen molar-refractivity contribution in [3.8, 4) is 11.3 Å². The molecule has 1 amide bonds. The van der Waals surface area contributed by atoms with Gasteiger partial charge in [0.05, 0.1) is 11.4 Å². The fraction of sp³-hybridized carbons (Fsp3) is 0.111. The first-order chi connectivity index (χ1) is 12.3. The molecule has 8 heteroatoms. The average molecular weight is 498 g/mol. The number of rotatable bonds is 5. The van der Waals surface area contributed by atoms with Crippen LogP contribution in [-0.4, -0.2) is 25.6 Å². The van der Waals surface area contributed by atoms with Crippen molar-refractivity contribution in [3.63, 3.8) is 0 Å². The van der Waals surface area contributed by atoms with Gasteiger partial charge in [-0.15, -0.1) is 11.3 Å². The van der Waals surface area contributed by atoms with Crippen LogP contribution in [0.5, 0.6) is 0 Å². The lowest BCUT2D eigenvalue weighted by molar-refractivity contribution is 0.102. The fourth-order valence-corrected chi connectivity index (χ4v) is 4.18. The van der Waals surface area contributed by atoms with Crippen LogP contribution in [0.15, 0.2) is 53.9 Å². The van der Waals surface area contributed by atoms with Crippen LogP contribution in [0.2, 0.25) is 0 Å². The number of nitrogens with one attached hydrogen (secondary N) is 1. The molecular formula is C18H15IN2O3S2. The maximum atomic E-state index is 12.3. The number of carbonyl (C=O) groups is 1. The third-order valence-corrected chi connectivity index (χ3v) is 5.84. The van der Waals surface area contributed by atoms with Crippen LogP contribution in [0, 0.1) is 3.57 Å². The van der Waals surface area contributed by atoms with Gasteiger partial charge in [-0.1, -0.05) is 24.3 Å². The first-order valence-electron chi connectivity index (χ1n) is 7.60. The highest BCUT2D eigenvalue weighted by Gasteiger charge is 2.11. The summed E-state index contributed by atoms with van der Waals surface area (Å²) in [5.41, 5.74) is 2.91. The highest BCUT2D eigenvalue weighted by Crippen LogP contribution is 2.25. The van der Waals surface area contributed by atoms with Gasteiger partial charge in [-0.3, -0.25) is 10.1 Å². The second-order valence-electron chi connectivity index (χ2n) is 5.77. The van der Waals surface area contributed by atoms with Crippen LogP contribution >= 0.6 is 33.9 Å². The molecule has 5 nitrogen and oxygen atoms in total. The number of nitrogens with zero attached hydrogens (tertiary/aromatic N) is 1. The van der Waals surface area contributed by atoms with Gasteiger partial charge >= 0.3 is 0 Å². The Labute approximate surface area is 169 Å². The molecule has 0 unspecified atom stereocenters. The van der Waals surface area contributed by atoms with Gasteiger partial charge in [0, 0.05) is 26.3 Å². The van der Waals surface area contributed by atoms with E-state index in [1.54, 1.807) is 24.3 Å². The van der Waals surface area contributed by atoms with E-state index < -0.39 is 9.84 Å². The molecule has 2 aromatic carbocycles. The lowest BCUT2D eigenvalue weighted by Crippen LogP contribution is -2.11. The molecule has 1 heterocycles. The molecule has 0 aliphatic heterocycles. The van der Waals surface area contributed by atoms with E-state index in [9.17, 15) is 13.2 Å². The Morgan fingerprint density at radius 1 is 1.12 bits per heavy atom. The van der Waals surface area contributed by atoms with Crippen molar-refractivity contribution in [2.45, 2.75) is 5.75 Å². The Morgan fingerprint density at radius 3 is 2.38 bits per heavy atom. The number of hydrogen-bond acceptors (Lipinski definition) is 5. The number of aromatic nitrogens is 1. The van der Waals surface area contributed by atoms with Gasteiger partial charge < -0.3 is 0 Å². The van der Waals surface area contributed by atoms with Gasteiger partial charge in [0.2, 0.25) is 0 Å². The van der Waals surface area contributed by atoms with Crippen molar-refractivity contribution in [2.24, 2.45) is 0 Å². The first-order valence-corrected chi connectivity index (χ1v) is 11.6. The molecule has 0 fully saturated rings. The van der Waals surface area contributed by atoms with Gasteiger partial charge in [0.1, 0.15) is 0 Å². The molecule has 0 saturated heterocycles. The van der Waals surface area contributed by atoms with E-state index in [0.717, 1.165) is 14.8 Å². The van der Waals surface area contributed by atoms with E-state index >= 15 is 0 Å². The van der Waals surface area contributed by atoms with E-state index in [4.69, 9.17) is 0 Å². The second-order valence-corrected chi connectivity index (χ2v) is 10.0. The summed E-state index contributed by atoms with van der Waals surface area (Å²) in [5.74, 6) is -0.319. The number of hydrogen-bond donors (Lipinski definition) is 1. The van der Waals surface area contributed by atoms with Crippen LogP contribution in [0.3, 0.4) is 0 Å². The van der Waals surface area contributed by atoms with Gasteiger partial charge in [-0.2, -0.15) is 0 Å². The van der Waals surface area contributed by atoms with Gasteiger partial charge in [0.25, 0.3) is 5.91 Å². The number of thiazole rings is 1.